The number of ether oxygens (including phenoxy) is 2. The quantitative estimate of drug-likeness (QED) is 0.686. The Kier molecular flexibility index (Phi) is 3.81. The van der Waals surface area contributed by atoms with Crippen LogP contribution >= 0.6 is 0 Å². The predicted molar refractivity (Wildman–Crippen MR) is 77.2 cm³/mol. The molecule has 1 aromatic rings. The Balaban J connectivity index is 1.47. The van der Waals surface area contributed by atoms with Crippen LogP contribution in [0.1, 0.15) is 23.2 Å². The highest BCUT2D eigenvalue weighted by Crippen LogP contribution is 2.45. The third-order valence-corrected chi connectivity index (χ3v) is 3.98. The van der Waals surface area contributed by atoms with Gasteiger partial charge in [-0.3, -0.25) is 14.4 Å². The van der Waals surface area contributed by atoms with Crippen molar-refractivity contribution >= 4 is 17.8 Å². The van der Waals surface area contributed by atoms with Gasteiger partial charge in [-0.2, -0.15) is 0 Å². The van der Waals surface area contributed by atoms with Crippen molar-refractivity contribution < 1.29 is 29.0 Å². The van der Waals surface area contributed by atoms with Crippen LogP contribution in [0.3, 0.4) is 0 Å². The van der Waals surface area contributed by atoms with Crippen LogP contribution in [0.2, 0.25) is 0 Å². The van der Waals surface area contributed by atoms with Crippen molar-refractivity contribution in [3.63, 3.8) is 0 Å². The molecule has 1 aromatic carbocycles. The number of aliphatic carboxylic acids is 1. The van der Waals surface area contributed by atoms with E-state index in [9.17, 15) is 14.4 Å². The van der Waals surface area contributed by atoms with Gasteiger partial charge in [-0.15, -0.1) is 0 Å². The van der Waals surface area contributed by atoms with E-state index in [1.54, 1.807) is 18.2 Å². The molecule has 1 aliphatic heterocycles. The van der Waals surface area contributed by atoms with Gasteiger partial charge in [-0.25, -0.2) is 0 Å². The second-order valence-electron chi connectivity index (χ2n) is 5.61. The van der Waals surface area contributed by atoms with Crippen molar-refractivity contribution in [2.45, 2.75) is 12.8 Å². The van der Waals surface area contributed by atoms with Crippen molar-refractivity contribution in [3.05, 3.63) is 23.8 Å². The number of carboxylic acid groups (broad SMARTS) is 1. The standard InChI is InChI=1S/C15H16N2O6/c18-12(17-7-15(3-4-15)14(20)21)6-16-13(19)9-1-2-10-11(5-9)23-8-22-10/h1-2,5H,3-4,6-8H2,(H,16,19)(H,17,18)(H,20,21). The number of amides is 2. The first kappa shape index (κ1) is 15.1. The number of benzene rings is 1. The zero-order valence-corrected chi connectivity index (χ0v) is 12.3. The van der Waals surface area contributed by atoms with Crippen molar-refractivity contribution in [2.75, 3.05) is 19.9 Å². The molecule has 1 aliphatic carbocycles. The monoisotopic (exact) mass is 320 g/mol. The van der Waals surface area contributed by atoms with Gasteiger partial charge >= 0.3 is 5.97 Å². The molecule has 0 bridgehead atoms. The number of carbonyl (C=O) groups excluding carboxylic acids is 2. The molecule has 3 N–H and O–H groups in total. The smallest absolute Gasteiger partial charge is 0.311 e. The molecule has 0 aromatic heterocycles. The van der Waals surface area contributed by atoms with Gasteiger partial charge in [0, 0.05) is 12.1 Å². The molecule has 0 spiro atoms. The summed E-state index contributed by atoms with van der Waals surface area (Å²) < 4.78 is 10.3. The molecule has 8 nitrogen and oxygen atoms in total. The van der Waals surface area contributed by atoms with Gasteiger partial charge in [0.25, 0.3) is 5.91 Å². The summed E-state index contributed by atoms with van der Waals surface area (Å²) in [6.45, 7) is -0.0157. The van der Waals surface area contributed by atoms with Gasteiger partial charge in [0.2, 0.25) is 12.7 Å². The third-order valence-electron chi connectivity index (χ3n) is 3.98. The highest BCUT2D eigenvalue weighted by Gasteiger charge is 2.50. The first-order valence-electron chi connectivity index (χ1n) is 7.18. The summed E-state index contributed by atoms with van der Waals surface area (Å²) in [5.41, 5.74) is -0.469. The van der Waals surface area contributed by atoms with E-state index >= 15 is 0 Å². The average molecular weight is 320 g/mol. The van der Waals surface area contributed by atoms with E-state index in [4.69, 9.17) is 14.6 Å². The highest BCUT2D eigenvalue weighted by atomic mass is 16.7. The molecule has 2 amide bonds. The number of carbonyl (C=O) groups is 3. The molecule has 1 saturated carbocycles. The second kappa shape index (κ2) is 5.79. The molecule has 1 fully saturated rings. The molecule has 0 atom stereocenters. The normalized spacial score (nSPS) is 16.5. The Morgan fingerprint density at radius 3 is 2.57 bits per heavy atom. The lowest BCUT2D eigenvalue weighted by molar-refractivity contribution is -0.143. The van der Waals surface area contributed by atoms with Crippen LogP contribution in [-0.4, -0.2) is 42.8 Å². The van der Waals surface area contributed by atoms with Crippen LogP contribution in [0.25, 0.3) is 0 Å². The largest absolute Gasteiger partial charge is 0.481 e. The van der Waals surface area contributed by atoms with E-state index in [0.717, 1.165) is 0 Å². The summed E-state index contributed by atoms with van der Waals surface area (Å²) >= 11 is 0. The molecule has 3 rings (SSSR count). The van der Waals surface area contributed by atoms with Gasteiger partial charge in [0.1, 0.15) is 0 Å². The third kappa shape index (κ3) is 3.20. The van der Waals surface area contributed by atoms with Crippen LogP contribution in [0.5, 0.6) is 11.5 Å². The van der Waals surface area contributed by atoms with Crippen LogP contribution in [0.4, 0.5) is 0 Å². The minimum Gasteiger partial charge on any atom is -0.481 e. The summed E-state index contributed by atoms with van der Waals surface area (Å²) in [6.07, 6.45) is 1.12. The van der Waals surface area contributed by atoms with E-state index < -0.39 is 23.2 Å². The van der Waals surface area contributed by atoms with Crippen molar-refractivity contribution in [1.82, 2.24) is 10.6 Å². The molecular formula is C15H16N2O6. The van der Waals surface area contributed by atoms with Gasteiger partial charge in [0.15, 0.2) is 11.5 Å². The maximum absolute atomic E-state index is 12.0. The van der Waals surface area contributed by atoms with E-state index in [1.165, 1.54) is 0 Å². The highest BCUT2D eigenvalue weighted by molar-refractivity contribution is 5.97. The van der Waals surface area contributed by atoms with E-state index in [0.29, 0.717) is 29.9 Å². The van der Waals surface area contributed by atoms with Crippen LogP contribution in [0.15, 0.2) is 18.2 Å². The fourth-order valence-electron chi connectivity index (χ4n) is 2.25. The van der Waals surface area contributed by atoms with Crippen LogP contribution in [-0.2, 0) is 9.59 Å². The van der Waals surface area contributed by atoms with Gasteiger partial charge in [0.05, 0.1) is 12.0 Å². The number of hydrogen-bond donors (Lipinski definition) is 3. The van der Waals surface area contributed by atoms with Crippen LogP contribution < -0.4 is 20.1 Å². The Morgan fingerprint density at radius 1 is 1.13 bits per heavy atom. The Bertz CT molecular complexity index is 668. The Labute approximate surface area is 131 Å². The topological polar surface area (TPSA) is 114 Å². The lowest BCUT2D eigenvalue weighted by Crippen LogP contribution is -2.40. The molecule has 0 radical (unpaired) electrons. The SMILES string of the molecule is O=C(CNC(=O)c1ccc2c(c1)OCO2)NCC1(C(=O)O)CC1. The minimum atomic E-state index is -0.901. The summed E-state index contributed by atoms with van der Waals surface area (Å²) in [5.74, 6) is -0.687. The summed E-state index contributed by atoms with van der Waals surface area (Å²) in [7, 11) is 0. The number of carboxylic acids is 1. The molecule has 0 unspecified atom stereocenters. The zero-order valence-electron chi connectivity index (χ0n) is 12.3. The molecule has 8 heteroatoms. The maximum atomic E-state index is 12.0. The molecule has 23 heavy (non-hydrogen) atoms. The van der Waals surface area contributed by atoms with E-state index in [2.05, 4.69) is 10.6 Å². The first-order valence-corrected chi connectivity index (χ1v) is 7.18. The molecule has 122 valence electrons. The van der Waals surface area contributed by atoms with E-state index in [1.807, 2.05) is 0 Å². The maximum Gasteiger partial charge on any atom is 0.311 e. The van der Waals surface area contributed by atoms with Crippen molar-refractivity contribution in [1.29, 1.82) is 0 Å². The number of nitrogens with one attached hydrogen (secondary N) is 2. The van der Waals surface area contributed by atoms with Gasteiger partial charge in [-0.1, -0.05) is 0 Å². The van der Waals surface area contributed by atoms with Crippen molar-refractivity contribution in [2.24, 2.45) is 5.41 Å². The summed E-state index contributed by atoms with van der Waals surface area (Å²) in [4.78, 5) is 34.7. The molecule has 0 saturated heterocycles. The van der Waals surface area contributed by atoms with Gasteiger partial charge < -0.3 is 25.2 Å². The predicted octanol–water partition coefficient (Wildman–Crippen LogP) is 0.126. The fraction of sp³-hybridized carbons (Fsp3) is 0.400. The van der Waals surface area contributed by atoms with Crippen LogP contribution in [0, 0.1) is 5.41 Å². The number of fused-ring (bicyclic) bond motifs is 1. The Hall–Kier alpha value is -2.77. The summed E-state index contributed by atoms with van der Waals surface area (Å²) in [5, 5.41) is 14.0. The summed E-state index contributed by atoms with van der Waals surface area (Å²) in [6, 6.07) is 4.74. The van der Waals surface area contributed by atoms with Crippen molar-refractivity contribution in [3.8, 4) is 11.5 Å². The Morgan fingerprint density at radius 2 is 1.87 bits per heavy atom. The first-order chi connectivity index (χ1) is 11.0. The molecule has 2 aliphatic rings. The molecule has 1 heterocycles. The average Bonchev–Trinajstić information content (AvgIpc) is 3.20. The lowest BCUT2D eigenvalue weighted by Gasteiger charge is -2.11. The second-order valence-corrected chi connectivity index (χ2v) is 5.61. The van der Waals surface area contributed by atoms with E-state index in [-0.39, 0.29) is 19.9 Å². The molecular weight excluding hydrogens is 304 g/mol. The number of rotatable bonds is 6. The minimum absolute atomic E-state index is 0.0844. The zero-order chi connectivity index (χ0) is 16.4. The van der Waals surface area contributed by atoms with Gasteiger partial charge in [-0.05, 0) is 31.0 Å². The fourth-order valence-corrected chi connectivity index (χ4v) is 2.25. The lowest BCUT2D eigenvalue weighted by atomic mass is 10.1. The number of hydrogen-bond acceptors (Lipinski definition) is 5.